The Labute approximate surface area is 120 Å². The molecule has 108 valence electrons. The van der Waals surface area contributed by atoms with Crippen molar-refractivity contribution in [3.8, 4) is 11.5 Å². The molecule has 0 atom stereocenters. The van der Waals surface area contributed by atoms with Gasteiger partial charge in [0, 0.05) is 13.7 Å². The lowest BCUT2D eigenvalue weighted by Crippen LogP contribution is -2.19. The van der Waals surface area contributed by atoms with Crippen LogP contribution in [-0.4, -0.2) is 27.6 Å². The van der Waals surface area contributed by atoms with Gasteiger partial charge >= 0.3 is 0 Å². The molecule has 1 aromatic carbocycles. The van der Waals surface area contributed by atoms with Gasteiger partial charge in [-0.3, -0.25) is 0 Å². The van der Waals surface area contributed by atoms with Crippen molar-refractivity contribution in [3.05, 3.63) is 22.7 Å². The maximum absolute atomic E-state index is 6.20. The molecule has 1 aromatic rings. The van der Waals surface area contributed by atoms with Gasteiger partial charge in [-0.1, -0.05) is 25.4 Å². The Hall–Kier alpha value is -0.970. The van der Waals surface area contributed by atoms with E-state index >= 15 is 0 Å². The molecular formula is C14H22ClNO3. The van der Waals surface area contributed by atoms with Crippen LogP contribution < -0.4 is 14.8 Å². The predicted octanol–water partition coefficient (Wildman–Crippen LogP) is 3.08. The van der Waals surface area contributed by atoms with Crippen molar-refractivity contribution in [1.29, 1.82) is 0 Å². The first-order chi connectivity index (χ1) is 9.08. The second kappa shape index (κ2) is 8.25. The van der Waals surface area contributed by atoms with Crippen molar-refractivity contribution in [2.24, 2.45) is 5.92 Å². The summed E-state index contributed by atoms with van der Waals surface area (Å²) in [5.41, 5.74) is 1.06. The number of halogens is 1. The van der Waals surface area contributed by atoms with Crippen LogP contribution in [0.15, 0.2) is 12.1 Å². The third kappa shape index (κ3) is 5.27. The van der Waals surface area contributed by atoms with Crippen molar-refractivity contribution in [2.45, 2.75) is 20.4 Å². The lowest BCUT2D eigenvalue weighted by atomic mass is 10.1. The standard InChI is InChI=1S/C14H22ClNO3/c1-10(2)7-16-8-11-5-12(15)14(19-9-17-3)13(6-11)18-4/h5-6,10,16H,7-9H2,1-4H3. The topological polar surface area (TPSA) is 39.7 Å². The van der Waals surface area contributed by atoms with Gasteiger partial charge in [-0.15, -0.1) is 0 Å². The molecule has 0 unspecified atom stereocenters. The Morgan fingerprint density at radius 2 is 2.00 bits per heavy atom. The largest absolute Gasteiger partial charge is 0.493 e. The Morgan fingerprint density at radius 3 is 2.58 bits per heavy atom. The minimum atomic E-state index is 0.140. The van der Waals surface area contributed by atoms with E-state index in [1.807, 2.05) is 12.1 Å². The molecule has 19 heavy (non-hydrogen) atoms. The first-order valence-electron chi connectivity index (χ1n) is 6.27. The van der Waals surface area contributed by atoms with Gasteiger partial charge < -0.3 is 19.5 Å². The van der Waals surface area contributed by atoms with Gasteiger partial charge in [-0.05, 0) is 30.2 Å². The highest BCUT2D eigenvalue weighted by Crippen LogP contribution is 2.36. The van der Waals surface area contributed by atoms with E-state index in [0.29, 0.717) is 22.4 Å². The fourth-order valence-electron chi connectivity index (χ4n) is 1.64. The second-order valence-electron chi connectivity index (χ2n) is 4.68. The van der Waals surface area contributed by atoms with Crippen LogP contribution in [0.1, 0.15) is 19.4 Å². The molecule has 1 rings (SSSR count). The molecule has 0 saturated carbocycles. The van der Waals surface area contributed by atoms with Crippen molar-refractivity contribution in [2.75, 3.05) is 27.6 Å². The number of rotatable bonds is 8. The van der Waals surface area contributed by atoms with E-state index in [1.165, 1.54) is 0 Å². The van der Waals surface area contributed by atoms with Gasteiger partial charge in [0.2, 0.25) is 0 Å². The summed E-state index contributed by atoms with van der Waals surface area (Å²) in [6, 6.07) is 3.80. The number of benzene rings is 1. The summed E-state index contributed by atoms with van der Waals surface area (Å²) < 4.78 is 15.6. The summed E-state index contributed by atoms with van der Waals surface area (Å²) in [6.07, 6.45) is 0. The lowest BCUT2D eigenvalue weighted by Gasteiger charge is -2.14. The molecule has 1 N–H and O–H groups in total. The molecule has 0 bridgehead atoms. The quantitative estimate of drug-likeness (QED) is 0.746. The molecule has 4 nitrogen and oxygen atoms in total. The van der Waals surface area contributed by atoms with Crippen molar-refractivity contribution < 1.29 is 14.2 Å². The molecule has 0 aliphatic rings. The van der Waals surface area contributed by atoms with Gasteiger partial charge in [0.25, 0.3) is 0 Å². The summed E-state index contributed by atoms with van der Waals surface area (Å²) in [4.78, 5) is 0. The van der Waals surface area contributed by atoms with Crippen molar-refractivity contribution in [1.82, 2.24) is 5.32 Å². The smallest absolute Gasteiger partial charge is 0.188 e. The van der Waals surface area contributed by atoms with Crippen LogP contribution >= 0.6 is 11.6 Å². The number of hydrogen-bond donors (Lipinski definition) is 1. The molecule has 0 fully saturated rings. The molecule has 0 radical (unpaired) electrons. The summed E-state index contributed by atoms with van der Waals surface area (Å²) in [6.45, 7) is 6.19. The lowest BCUT2D eigenvalue weighted by molar-refractivity contribution is 0.0492. The van der Waals surface area contributed by atoms with Gasteiger partial charge in [0.15, 0.2) is 18.3 Å². The maximum Gasteiger partial charge on any atom is 0.188 e. The summed E-state index contributed by atoms with van der Waals surface area (Å²) in [7, 11) is 3.15. The van der Waals surface area contributed by atoms with Crippen LogP contribution in [0, 0.1) is 5.92 Å². The number of nitrogens with one attached hydrogen (secondary N) is 1. The molecule has 0 saturated heterocycles. The Morgan fingerprint density at radius 1 is 1.26 bits per heavy atom. The van der Waals surface area contributed by atoms with Crippen LogP contribution in [0.3, 0.4) is 0 Å². The molecule has 0 amide bonds. The number of methoxy groups -OCH3 is 2. The summed E-state index contributed by atoms with van der Waals surface area (Å²) in [5.74, 6) is 1.74. The van der Waals surface area contributed by atoms with E-state index in [1.54, 1.807) is 14.2 Å². The van der Waals surface area contributed by atoms with E-state index in [0.717, 1.165) is 18.7 Å². The molecule has 5 heteroatoms. The Kier molecular flexibility index (Phi) is 6.99. The summed E-state index contributed by atoms with van der Waals surface area (Å²) in [5, 5.41) is 3.89. The molecule has 0 aliphatic heterocycles. The average molecular weight is 288 g/mol. The average Bonchev–Trinajstić information content (AvgIpc) is 2.36. The SMILES string of the molecule is COCOc1c(Cl)cc(CNCC(C)C)cc1OC. The van der Waals surface area contributed by atoms with E-state index in [2.05, 4.69) is 19.2 Å². The number of hydrogen-bond acceptors (Lipinski definition) is 4. The van der Waals surface area contributed by atoms with Gasteiger partial charge in [-0.2, -0.15) is 0 Å². The van der Waals surface area contributed by atoms with E-state index in [9.17, 15) is 0 Å². The number of ether oxygens (including phenoxy) is 3. The highest BCUT2D eigenvalue weighted by atomic mass is 35.5. The minimum Gasteiger partial charge on any atom is -0.493 e. The minimum absolute atomic E-state index is 0.140. The van der Waals surface area contributed by atoms with E-state index in [4.69, 9.17) is 25.8 Å². The van der Waals surface area contributed by atoms with Crippen LogP contribution in [0.25, 0.3) is 0 Å². The predicted molar refractivity (Wildman–Crippen MR) is 77.1 cm³/mol. The fraction of sp³-hybridized carbons (Fsp3) is 0.571. The molecule has 0 aliphatic carbocycles. The monoisotopic (exact) mass is 287 g/mol. The zero-order valence-electron chi connectivity index (χ0n) is 12.0. The van der Waals surface area contributed by atoms with Gasteiger partial charge in [0.05, 0.1) is 12.1 Å². The highest BCUT2D eigenvalue weighted by Gasteiger charge is 2.12. The van der Waals surface area contributed by atoms with Crippen LogP contribution in [0.5, 0.6) is 11.5 Å². The van der Waals surface area contributed by atoms with E-state index < -0.39 is 0 Å². The molecule has 0 heterocycles. The first-order valence-corrected chi connectivity index (χ1v) is 6.65. The maximum atomic E-state index is 6.20. The first kappa shape index (κ1) is 16.1. The zero-order chi connectivity index (χ0) is 14.3. The Bertz CT molecular complexity index is 397. The van der Waals surface area contributed by atoms with Crippen molar-refractivity contribution >= 4 is 11.6 Å². The van der Waals surface area contributed by atoms with E-state index in [-0.39, 0.29) is 6.79 Å². The van der Waals surface area contributed by atoms with Gasteiger partial charge in [0.1, 0.15) is 0 Å². The van der Waals surface area contributed by atoms with Gasteiger partial charge in [-0.25, -0.2) is 0 Å². The van der Waals surface area contributed by atoms with Crippen LogP contribution in [0.2, 0.25) is 5.02 Å². The second-order valence-corrected chi connectivity index (χ2v) is 5.09. The highest BCUT2D eigenvalue weighted by molar-refractivity contribution is 6.32. The fourth-order valence-corrected chi connectivity index (χ4v) is 1.93. The third-order valence-electron chi connectivity index (χ3n) is 2.49. The zero-order valence-corrected chi connectivity index (χ0v) is 12.7. The normalized spacial score (nSPS) is 10.8. The Balaban J connectivity index is 2.77. The molecule has 0 spiro atoms. The molecule has 0 aromatic heterocycles. The molecular weight excluding hydrogens is 266 g/mol. The summed E-state index contributed by atoms with van der Waals surface area (Å²) >= 11 is 6.20. The van der Waals surface area contributed by atoms with Crippen molar-refractivity contribution in [3.63, 3.8) is 0 Å². The van der Waals surface area contributed by atoms with Crippen LogP contribution in [0.4, 0.5) is 0 Å². The van der Waals surface area contributed by atoms with Crippen LogP contribution in [-0.2, 0) is 11.3 Å². The third-order valence-corrected chi connectivity index (χ3v) is 2.77.